The minimum atomic E-state index is 1.00. The van der Waals surface area contributed by atoms with E-state index in [4.69, 9.17) is 4.84 Å². The molecule has 2 aliphatic rings. The van der Waals surface area contributed by atoms with E-state index in [2.05, 4.69) is 5.06 Å². The molecule has 0 amide bonds. The second-order valence-corrected chi connectivity index (χ2v) is 4.85. The number of hydrogen-bond acceptors (Lipinski definition) is 2. The molecule has 1 aliphatic carbocycles. The lowest BCUT2D eigenvalue weighted by atomic mass is 9.76. The maximum atomic E-state index is 5.26. The highest BCUT2D eigenvalue weighted by molar-refractivity contribution is 4.78. The van der Waals surface area contributed by atoms with Gasteiger partial charge in [-0.05, 0) is 24.7 Å². The van der Waals surface area contributed by atoms with Crippen molar-refractivity contribution in [3.63, 3.8) is 0 Å². The van der Waals surface area contributed by atoms with Crippen LogP contribution in [0.25, 0.3) is 0 Å². The summed E-state index contributed by atoms with van der Waals surface area (Å²) in [4.78, 5) is 5.26. The van der Waals surface area contributed by atoms with Gasteiger partial charge in [-0.15, -0.1) is 0 Å². The molecule has 2 fully saturated rings. The van der Waals surface area contributed by atoms with Crippen LogP contribution in [0.3, 0.4) is 0 Å². The Hall–Kier alpha value is -0.0800. The lowest BCUT2D eigenvalue weighted by Gasteiger charge is -2.36. The highest BCUT2D eigenvalue weighted by Gasteiger charge is 2.27. The standard InChI is InChI=1S/C12H23NO/c1-14-13-9-7-12(8-10-13)11-5-3-2-4-6-11/h11-12H,2-10H2,1H3. The van der Waals surface area contributed by atoms with Gasteiger partial charge in [-0.3, -0.25) is 0 Å². The Morgan fingerprint density at radius 1 is 0.857 bits per heavy atom. The normalized spacial score (nSPS) is 28.1. The van der Waals surface area contributed by atoms with Gasteiger partial charge >= 0.3 is 0 Å². The third kappa shape index (κ3) is 2.48. The Balaban J connectivity index is 1.76. The van der Waals surface area contributed by atoms with Crippen LogP contribution in [0.1, 0.15) is 44.9 Å². The largest absolute Gasteiger partial charge is 0.302 e. The van der Waals surface area contributed by atoms with Crippen molar-refractivity contribution in [2.45, 2.75) is 44.9 Å². The van der Waals surface area contributed by atoms with E-state index in [0.717, 1.165) is 24.9 Å². The first kappa shape index (κ1) is 10.4. The van der Waals surface area contributed by atoms with Crippen molar-refractivity contribution in [3.05, 3.63) is 0 Å². The maximum Gasteiger partial charge on any atom is 0.0575 e. The predicted molar refractivity (Wildman–Crippen MR) is 57.9 cm³/mol. The van der Waals surface area contributed by atoms with Crippen LogP contribution >= 0.6 is 0 Å². The van der Waals surface area contributed by atoms with Gasteiger partial charge in [0, 0.05) is 13.1 Å². The smallest absolute Gasteiger partial charge is 0.0575 e. The summed E-state index contributed by atoms with van der Waals surface area (Å²) < 4.78 is 0. The molecule has 0 unspecified atom stereocenters. The summed E-state index contributed by atoms with van der Waals surface area (Å²) in [6.07, 6.45) is 10.2. The van der Waals surface area contributed by atoms with Crippen LogP contribution in [0.15, 0.2) is 0 Å². The molecule has 0 radical (unpaired) electrons. The molecule has 0 bridgehead atoms. The fraction of sp³-hybridized carbons (Fsp3) is 1.00. The van der Waals surface area contributed by atoms with E-state index in [-0.39, 0.29) is 0 Å². The number of rotatable bonds is 2. The van der Waals surface area contributed by atoms with Gasteiger partial charge in [0.05, 0.1) is 7.11 Å². The van der Waals surface area contributed by atoms with Crippen LogP contribution in [0.4, 0.5) is 0 Å². The Morgan fingerprint density at radius 2 is 1.43 bits per heavy atom. The van der Waals surface area contributed by atoms with Crippen molar-refractivity contribution in [3.8, 4) is 0 Å². The van der Waals surface area contributed by atoms with Gasteiger partial charge in [0.15, 0.2) is 0 Å². The highest BCUT2D eigenvalue weighted by atomic mass is 16.7. The average molecular weight is 197 g/mol. The summed E-state index contributed by atoms with van der Waals surface area (Å²) >= 11 is 0. The van der Waals surface area contributed by atoms with E-state index in [1.807, 2.05) is 0 Å². The molecule has 82 valence electrons. The van der Waals surface area contributed by atoms with Crippen LogP contribution in [0.2, 0.25) is 0 Å². The van der Waals surface area contributed by atoms with Crippen molar-refractivity contribution >= 4 is 0 Å². The lowest BCUT2D eigenvalue weighted by Crippen LogP contribution is -2.35. The number of hydrogen-bond donors (Lipinski definition) is 0. The first-order chi connectivity index (χ1) is 6.90. The van der Waals surface area contributed by atoms with E-state index in [0.29, 0.717) is 0 Å². The number of hydroxylamine groups is 2. The topological polar surface area (TPSA) is 12.5 Å². The molecule has 0 atom stereocenters. The first-order valence-electron chi connectivity index (χ1n) is 6.19. The molecular weight excluding hydrogens is 174 g/mol. The van der Waals surface area contributed by atoms with Crippen LogP contribution < -0.4 is 0 Å². The van der Waals surface area contributed by atoms with Gasteiger partial charge < -0.3 is 4.84 Å². The summed E-state index contributed by atoms with van der Waals surface area (Å²) in [6, 6.07) is 0. The molecule has 2 rings (SSSR count). The fourth-order valence-electron chi connectivity index (χ4n) is 3.14. The molecule has 1 saturated carbocycles. The first-order valence-corrected chi connectivity index (χ1v) is 6.19. The second kappa shape index (κ2) is 5.13. The molecule has 1 saturated heterocycles. The molecule has 2 heteroatoms. The zero-order valence-corrected chi connectivity index (χ0v) is 9.37. The molecule has 0 N–H and O–H groups in total. The van der Waals surface area contributed by atoms with Crippen molar-refractivity contribution in [1.82, 2.24) is 5.06 Å². The van der Waals surface area contributed by atoms with Gasteiger partial charge in [-0.1, -0.05) is 32.1 Å². The van der Waals surface area contributed by atoms with Crippen LogP contribution in [0.5, 0.6) is 0 Å². The fourth-order valence-corrected chi connectivity index (χ4v) is 3.14. The highest BCUT2D eigenvalue weighted by Crippen LogP contribution is 2.35. The van der Waals surface area contributed by atoms with Gasteiger partial charge in [0.1, 0.15) is 0 Å². The molecule has 0 aromatic carbocycles. The van der Waals surface area contributed by atoms with E-state index in [9.17, 15) is 0 Å². The van der Waals surface area contributed by atoms with Crippen LogP contribution in [-0.4, -0.2) is 25.3 Å². The summed E-state index contributed by atoms with van der Waals surface area (Å²) in [7, 11) is 1.79. The Kier molecular flexibility index (Phi) is 3.82. The monoisotopic (exact) mass is 197 g/mol. The quantitative estimate of drug-likeness (QED) is 0.675. The molecule has 14 heavy (non-hydrogen) atoms. The second-order valence-electron chi connectivity index (χ2n) is 4.85. The zero-order valence-electron chi connectivity index (χ0n) is 9.37. The van der Waals surface area contributed by atoms with E-state index < -0.39 is 0 Å². The Labute approximate surface area is 87.6 Å². The molecular formula is C12H23NO. The van der Waals surface area contributed by atoms with Crippen molar-refractivity contribution < 1.29 is 4.84 Å². The minimum Gasteiger partial charge on any atom is -0.302 e. The van der Waals surface area contributed by atoms with E-state index in [1.54, 1.807) is 7.11 Å². The molecule has 2 nitrogen and oxygen atoms in total. The summed E-state index contributed by atoms with van der Waals surface area (Å²) in [5, 5.41) is 2.11. The van der Waals surface area contributed by atoms with Gasteiger partial charge in [-0.25, -0.2) is 0 Å². The average Bonchev–Trinajstić information content (AvgIpc) is 2.30. The van der Waals surface area contributed by atoms with E-state index >= 15 is 0 Å². The number of piperidine rings is 1. The SMILES string of the molecule is CON1CCC(C2CCCCC2)CC1. The predicted octanol–water partition coefficient (Wildman–Crippen LogP) is 2.84. The molecule has 0 aromatic rings. The van der Waals surface area contributed by atoms with Gasteiger partial charge in [0.25, 0.3) is 0 Å². The summed E-state index contributed by atoms with van der Waals surface area (Å²) in [6.45, 7) is 2.30. The van der Waals surface area contributed by atoms with Gasteiger partial charge in [0.2, 0.25) is 0 Å². The van der Waals surface area contributed by atoms with Crippen LogP contribution in [-0.2, 0) is 4.84 Å². The Bertz CT molecular complexity index is 158. The van der Waals surface area contributed by atoms with Crippen LogP contribution in [0, 0.1) is 11.8 Å². The summed E-state index contributed by atoms with van der Waals surface area (Å²) in [5.74, 6) is 2.05. The molecule has 1 aliphatic heterocycles. The molecule has 0 spiro atoms. The van der Waals surface area contributed by atoms with Crippen molar-refractivity contribution in [1.29, 1.82) is 0 Å². The van der Waals surface area contributed by atoms with Crippen molar-refractivity contribution in [2.24, 2.45) is 11.8 Å². The lowest BCUT2D eigenvalue weighted by molar-refractivity contribution is -0.151. The maximum absolute atomic E-state index is 5.26. The summed E-state index contributed by atoms with van der Waals surface area (Å²) in [5.41, 5.74) is 0. The minimum absolute atomic E-state index is 1.00. The van der Waals surface area contributed by atoms with Gasteiger partial charge in [-0.2, -0.15) is 5.06 Å². The third-order valence-electron chi connectivity index (χ3n) is 4.07. The third-order valence-corrected chi connectivity index (χ3v) is 4.07. The van der Waals surface area contributed by atoms with Crippen molar-refractivity contribution in [2.75, 3.05) is 20.2 Å². The molecule has 0 aromatic heterocycles. The van der Waals surface area contributed by atoms with E-state index in [1.165, 1.54) is 44.9 Å². The molecule has 1 heterocycles. The zero-order chi connectivity index (χ0) is 9.80. The Morgan fingerprint density at radius 3 is 2.00 bits per heavy atom. The number of nitrogens with zero attached hydrogens (tertiary/aromatic N) is 1.